The zero-order valence-corrected chi connectivity index (χ0v) is 14.0. The van der Waals surface area contributed by atoms with Crippen LogP contribution in [-0.2, 0) is 16.5 Å². The number of benzene rings is 3. The van der Waals surface area contributed by atoms with Gasteiger partial charge in [0.1, 0.15) is 10.6 Å². The number of amides is 1. The van der Waals surface area contributed by atoms with Crippen LogP contribution in [0.25, 0.3) is 10.8 Å². The number of carbonyl (C=O) groups is 1. The SMILES string of the molecule is O=C1NCCc2ccc(S(=O)(=O)Oc3ccc4ccccc4c3)cc21. The summed E-state index contributed by atoms with van der Waals surface area (Å²) in [5.41, 5.74) is 1.22. The second-order valence-corrected chi connectivity index (χ2v) is 7.42. The van der Waals surface area contributed by atoms with Crippen LogP contribution >= 0.6 is 0 Å². The van der Waals surface area contributed by atoms with Gasteiger partial charge in [-0.1, -0.05) is 36.4 Å². The second-order valence-electron chi connectivity index (χ2n) is 5.87. The fourth-order valence-corrected chi connectivity index (χ4v) is 3.89. The van der Waals surface area contributed by atoms with Crippen LogP contribution in [0.1, 0.15) is 15.9 Å². The van der Waals surface area contributed by atoms with Gasteiger partial charge in [0.25, 0.3) is 5.91 Å². The molecule has 25 heavy (non-hydrogen) atoms. The first-order valence-electron chi connectivity index (χ1n) is 7.87. The van der Waals surface area contributed by atoms with E-state index in [-0.39, 0.29) is 16.6 Å². The molecule has 0 saturated heterocycles. The number of fused-ring (bicyclic) bond motifs is 2. The molecule has 126 valence electrons. The van der Waals surface area contributed by atoms with Crippen LogP contribution < -0.4 is 9.50 Å². The Labute approximate surface area is 145 Å². The molecule has 1 amide bonds. The molecule has 4 rings (SSSR count). The van der Waals surface area contributed by atoms with Crippen molar-refractivity contribution in [2.45, 2.75) is 11.3 Å². The van der Waals surface area contributed by atoms with Crippen molar-refractivity contribution in [3.63, 3.8) is 0 Å². The van der Waals surface area contributed by atoms with Crippen molar-refractivity contribution in [3.05, 3.63) is 71.8 Å². The lowest BCUT2D eigenvalue weighted by Crippen LogP contribution is -2.32. The van der Waals surface area contributed by atoms with E-state index in [4.69, 9.17) is 4.18 Å². The van der Waals surface area contributed by atoms with Crippen molar-refractivity contribution in [2.24, 2.45) is 0 Å². The predicted octanol–water partition coefficient (Wildman–Crippen LogP) is 2.89. The molecule has 0 aromatic heterocycles. The minimum atomic E-state index is -4.02. The summed E-state index contributed by atoms with van der Waals surface area (Å²) in [7, 11) is -4.02. The predicted molar refractivity (Wildman–Crippen MR) is 94.2 cm³/mol. The van der Waals surface area contributed by atoms with Gasteiger partial charge in [0.05, 0.1) is 0 Å². The summed E-state index contributed by atoms with van der Waals surface area (Å²) in [4.78, 5) is 11.9. The molecular weight excluding hydrogens is 338 g/mol. The Bertz CT molecular complexity index is 1090. The van der Waals surface area contributed by atoms with Crippen LogP contribution in [0.4, 0.5) is 0 Å². The van der Waals surface area contributed by atoms with Crippen LogP contribution in [0.3, 0.4) is 0 Å². The van der Waals surface area contributed by atoms with Crippen molar-refractivity contribution in [3.8, 4) is 5.75 Å². The summed E-state index contributed by atoms with van der Waals surface area (Å²) >= 11 is 0. The highest BCUT2D eigenvalue weighted by Gasteiger charge is 2.23. The number of rotatable bonds is 3. The Morgan fingerprint density at radius 2 is 1.72 bits per heavy atom. The Hall–Kier alpha value is -2.86. The van der Waals surface area contributed by atoms with Crippen LogP contribution in [-0.4, -0.2) is 20.9 Å². The summed E-state index contributed by atoms with van der Waals surface area (Å²) in [6, 6.07) is 17.2. The maximum atomic E-state index is 12.6. The van der Waals surface area contributed by atoms with E-state index in [0.29, 0.717) is 18.5 Å². The maximum Gasteiger partial charge on any atom is 0.339 e. The lowest BCUT2D eigenvalue weighted by Gasteiger charge is -2.17. The molecule has 3 aromatic rings. The van der Waals surface area contributed by atoms with E-state index in [1.807, 2.05) is 24.3 Å². The van der Waals surface area contributed by atoms with Gasteiger partial charge in [0.15, 0.2) is 0 Å². The first-order chi connectivity index (χ1) is 12.0. The van der Waals surface area contributed by atoms with Gasteiger partial charge in [0.2, 0.25) is 0 Å². The van der Waals surface area contributed by atoms with E-state index < -0.39 is 10.1 Å². The number of nitrogens with one attached hydrogen (secondary N) is 1. The van der Waals surface area contributed by atoms with E-state index in [1.54, 1.807) is 24.3 Å². The molecule has 0 unspecified atom stereocenters. The largest absolute Gasteiger partial charge is 0.379 e. The topological polar surface area (TPSA) is 72.5 Å². The minimum Gasteiger partial charge on any atom is -0.379 e. The van der Waals surface area contributed by atoms with Crippen LogP contribution in [0, 0.1) is 0 Å². The fourth-order valence-electron chi connectivity index (χ4n) is 2.94. The molecule has 5 nitrogen and oxygen atoms in total. The van der Waals surface area contributed by atoms with Gasteiger partial charge in [-0.15, -0.1) is 0 Å². The highest BCUT2D eigenvalue weighted by Crippen LogP contribution is 2.25. The lowest BCUT2D eigenvalue weighted by molar-refractivity contribution is 0.0945. The first kappa shape index (κ1) is 15.7. The zero-order valence-electron chi connectivity index (χ0n) is 13.2. The zero-order chi connectivity index (χ0) is 17.4. The third-order valence-corrected chi connectivity index (χ3v) is 5.46. The Morgan fingerprint density at radius 1 is 0.920 bits per heavy atom. The summed E-state index contributed by atoms with van der Waals surface area (Å²) in [6.45, 7) is 0.561. The van der Waals surface area contributed by atoms with Gasteiger partial charge in [-0.2, -0.15) is 8.42 Å². The van der Waals surface area contributed by atoms with Gasteiger partial charge in [-0.05, 0) is 47.0 Å². The van der Waals surface area contributed by atoms with Gasteiger partial charge >= 0.3 is 10.1 Å². The Kier molecular flexibility index (Phi) is 3.69. The average Bonchev–Trinajstić information content (AvgIpc) is 2.61. The number of hydrogen-bond acceptors (Lipinski definition) is 4. The van der Waals surface area contributed by atoms with E-state index in [9.17, 15) is 13.2 Å². The molecule has 1 heterocycles. The van der Waals surface area contributed by atoms with E-state index >= 15 is 0 Å². The van der Waals surface area contributed by atoms with Gasteiger partial charge in [-0.25, -0.2) is 0 Å². The van der Waals surface area contributed by atoms with Crippen molar-refractivity contribution in [1.29, 1.82) is 0 Å². The van der Waals surface area contributed by atoms with Gasteiger partial charge < -0.3 is 9.50 Å². The molecular formula is C19H15NO4S. The van der Waals surface area contributed by atoms with E-state index in [1.165, 1.54) is 12.1 Å². The molecule has 6 heteroatoms. The number of hydrogen-bond donors (Lipinski definition) is 1. The molecule has 1 N–H and O–H groups in total. The highest BCUT2D eigenvalue weighted by molar-refractivity contribution is 7.87. The maximum absolute atomic E-state index is 12.6. The monoisotopic (exact) mass is 353 g/mol. The highest BCUT2D eigenvalue weighted by atomic mass is 32.2. The molecule has 1 aliphatic rings. The molecule has 0 saturated carbocycles. The third kappa shape index (κ3) is 2.96. The van der Waals surface area contributed by atoms with E-state index in [2.05, 4.69) is 5.32 Å². The van der Waals surface area contributed by atoms with Crippen molar-refractivity contribution in [2.75, 3.05) is 6.54 Å². The summed E-state index contributed by atoms with van der Waals surface area (Å²) in [5.74, 6) is -0.0233. The van der Waals surface area contributed by atoms with Gasteiger partial charge in [0, 0.05) is 12.1 Å². The van der Waals surface area contributed by atoms with Crippen molar-refractivity contribution < 1.29 is 17.4 Å². The smallest absolute Gasteiger partial charge is 0.339 e. The molecule has 3 aromatic carbocycles. The van der Waals surface area contributed by atoms with Gasteiger partial charge in [-0.3, -0.25) is 4.79 Å². The average molecular weight is 353 g/mol. The molecule has 0 atom stereocenters. The first-order valence-corrected chi connectivity index (χ1v) is 9.28. The Morgan fingerprint density at radius 3 is 2.56 bits per heavy atom. The van der Waals surface area contributed by atoms with Crippen LogP contribution in [0.2, 0.25) is 0 Å². The standard InChI is InChI=1S/C19H15NO4S/c21-19-18-12-17(8-6-14(18)9-10-20-19)25(22,23)24-16-7-5-13-3-1-2-4-15(13)11-16/h1-8,11-12H,9-10H2,(H,20,21). The fraction of sp³-hybridized carbons (Fsp3) is 0.105. The summed E-state index contributed by atoms with van der Waals surface area (Å²) < 4.78 is 30.4. The Balaban J connectivity index is 1.69. The van der Waals surface area contributed by atoms with E-state index in [0.717, 1.165) is 16.3 Å². The van der Waals surface area contributed by atoms with Crippen LogP contribution in [0.5, 0.6) is 5.75 Å². The quantitative estimate of drug-likeness (QED) is 0.735. The molecule has 0 bridgehead atoms. The molecule has 0 radical (unpaired) electrons. The normalized spacial score (nSPS) is 14.0. The van der Waals surface area contributed by atoms with Crippen LogP contribution in [0.15, 0.2) is 65.6 Å². The summed E-state index contributed by atoms with van der Waals surface area (Å²) in [6.07, 6.45) is 0.687. The molecule has 0 fully saturated rings. The van der Waals surface area contributed by atoms with Crippen molar-refractivity contribution >= 4 is 26.8 Å². The minimum absolute atomic E-state index is 0.0311. The second kappa shape index (κ2) is 5.89. The molecule has 0 spiro atoms. The summed E-state index contributed by atoms with van der Waals surface area (Å²) in [5, 5.41) is 4.60. The number of carbonyl (C=O) groups excluding carboxylic acids is 1. The lowest BCUT2D eigenvalue weighted by atomic mass is 10.0. The van der Waals surface area contributed by atoms with Crippen molar-refractivity contribution in [1.82, 2.24) is 5.32 Å². The third-order valence-electron chi connectivity index (χ3n) is 4.22. The molecule has 1 aliphatic heterocycles. The molecule has 0 aliphatic carbocycles.